The Morgan fingerprint density at radius 2 is 1.77 bits per heavy atom. The number of hydrogen-bond acceptors (Lipinski definition) is 6. The zero-order chi connectivity index (χ0) is 21.4. The molecule has 0 unspecified atom stereocenters. The third-order valence-corrected chi connectivity index (χ3v) is 5.15. The molecule has 6 nitrogen and oxygen atoms in total. The quantitative estimate of drug-likeness (QED) is 0.347. The molecule has 0 spiro atoms. The molecule has 5 rings (SSSR count). The Bertz CT molecular complexity index is 1220. The number of hydrogen-bond donors (Lipinski definition) is 0. The first kappa shape index (κ1) is 18.9. The number of ether oxygens (including phenoxy) is 4. The van der Waals surface area contributed by atoms with Crippen molar-refractivity contribution in [1.29, 1.82) is 0 Å². The Hall–Kier alpha value is -4.06. The number of carbonyl (C=O) groups excluding carboxylic acids is 2. The van der Waals surface area contributed by atoms with Gasteiger partial charge in [-0.25, -0.2) is 4.79 Å². The predicted molar refractivity (Wildman–Crippen MR) is 113 cm³/mol. The summed E-state index contributed by atoms with van der Waals surface area (Å²) in [7, 11) is 0. The molecule has 0 saturated carbocycles. The van der Waals surface area contributed by atoms with E-state index in [2.05, 4.69) is 6.92 Å². The Kier molecular flexibility index (Phi) is 4.67. The molecule has 0 radical (unpaired) electrons. The van der Waals surface area contributed by atoms with Crippen LogP contribution in [0.5, 0.6) is 23.0 Å². The second-order valence-electron chi connectivity index (χ2n) is 7.15. The van der Waals surface area contributed by atoms with E-state index in [1.807, 2.05) is 24.3 Å². The smallest absolute Gasteiger partial charge is 0.343 e. The molecular formula is C25H18O6. The van der Waals surface area contributed by atoms with Crippen LogP contribution in [0.2, 0.25) is 0 Å². The number of allylic oxidation sites excluding steroid dienone is 1. The summed E-state index contributed by atoms with van der Waals surface area (Å²) in [6, 6.07) is 17.5. The van der Waals surface area contributed by atoms with E-state index < -0.39 is 5.97 Å². The molecule has 0 aliphatic carbocycles. The van der Waals surface area contributed by atoms with Gasteiger partial charge in [0.25, 0.3) is 0 Å². The van der Waals surface area contributed by atoms with Crippen LogP contribution in [0, 0.1) is 0 Å². The molecule has 0 atom stereocenters. The second kappa shape index (κ2) is 7.65. The van der Waals surface area contributed by atoms with Crippen molar-refractivity contribution in [2.75, 3.05) is 6.79 Å². The van der Waals surface area contributed by atoms with Crippen molar-refractivity contribution in [3.63, 3.8) is 0 Å². The lowest BCUT2D eigenvalue weighted by molar-refractivity contribution is 0.0734. The molecule has 3 aromatic carbocycles. The first-order chi connectivity index (χ1) is 15.1. The van der Waals surface area contributed by atoms with Gasteiger partial charge in [-0.3, -0.25) is 4.79 Å². The standard InChI is InChI=1S/C25H18O6/c1-2-15-3-5-16(6-4-15)11-23-24(26)19-9-8-18(13-21(19)31-23)30-25(27)17-7-10-20-22(12-17)29-14-28-20/h3-13H,2,14H2,1H3. The van der Waals surface area contributed by atoms with Crippen LogP contribution < -0.4 is 18.9 Å². The fraction of sp³-hybridized carbons (Fsp3) is 0.120. The van der Waals surface area contributed by atoms with Gasteiger partial charge in [-0.1, -0.05) is 31.2 Å². The third kappa shape index (κ3) is 3.64. The molecule has 0 saturated heterocycles. The van der Waals surface area contributed by atoms with Gasteiger partial charge in [-0.15, -0.1) is 0 Å². The lowest BCUT2D eigenvalue weighted by Crippen LogP contribution is -2.08. The van der Waals surface area contributed by atoms with Gasteiger partial charge in [0.15, 0.2) is 17.3 Å². The van der Waals surface area contributed by atoms with Gasteiger partial charge in [0.1, 0.15) is 11.5 Å². The van der Waals surface area contributed by atoms with Crippen molar-refractivity contribution in [2.45, 2.75) is 13.3 Å². The van der Waals surface area contributed by atoms with Crippen LogP contribution in [0.4, 0.5) is 0 Å². The van der Waals surface area contributed by atoms with Crippen molar-refractivity contribution in [1.82, 2.24) is 0 Å². The molecule has 6 heteroatoms. The summed E-state index contributed by atoms with van der Waals surface area (Å²) >= 11 is 0. The molecule has 2 aliphatic rings. The van der Waals surface area contributed by atoms with Crippen molar-refractivity contribution < 1.29 is 28.5 Å². The minimum absolute atomic E-state index is 0.128. The van der Waals surface area contributed by atoms with E-state index in [9.17, 15) is 9.59 Å². The van der Waals surface area contributed by atoms with E-state index in [1.165, 1.54) is 5.56 Å². The Morgan fingerprint density at radius 1 is 0.968 bits per heavy atom. The number of benzene rings is 3. The van der Waals surface area contributed by atoms with Gasteiger partial charge in [-0.2, -0.15) is 0 Å². The number of fused-ring (bicyclic) bond motifs is 2. The molecule has 2 aliphatic heterocycles. The van der Waals surface area contributed by atoms with Crippen LogP contribution in [0.3, 0.4) is 0 Å². The van der Waals surface area contributed by atoms with Crippen molar-refractivity contribution >= 4 is 17.8 Å². The number of Topliss-reactive ketones (excluding diaryl/α,β-unsaturated/α-hetero) is 1. The van der Waals surface area contributed by atoms with Gasteiger partial charge in [0.2, 0.25) is 12.6 Å². The molecule has 31 heavy (non-hydrogen) atoms. The predicted octanol–water partition coefficient (Wildman–Crippen LogP) is 4.81. The van der Waals surface area contributed by atoms with Crippen molar-refractivity contribution in [3.05, 3.63) is 88.7 Å². The van der Waals surface area contributed by atoms with Gasteiger partial charge in [-0.05, 0) is 54.0 Å². The lowest BCUT2D eigenvalue weighted by Gasteiger charge is -2.06. The molecule has 0 N–H and O–H groups in total. The maximum absolute atomic E-state index is 12.7. The van der Waals surface area contributed by atoms with E-state index in [-0.39, 0.29) is 24.1 Å². The number of carbonyl (C=O) groups is 2. The number of aryl methyl sites for hydroxylation is 1. The summed E-state index contributed by atoms with van der Waals surface area (Å²) in [5.74, 6) is 1.21. The molecule has 0 aromatic heterocycles. The first-order valence-corrected chi connectivity index (χ1v) is 9.90. The van der Waals surface area contributed by atoms with Crippen molar-refractivity contribution in [2.24, 2.45) is 0 Å². The molecule has 0 bridgehead atoms. The Morgan fingerprint density at radius 3 is 2.58 bits per heavy atom. The molecule has 0 amide bonds. The number of rotatable bonds is 4. The maximum Gasteiger partial charge on any atom is 0.343 e. The minimum Gasteiger partial charge on any atom is -0.454 e. The van der Waals surface area contributed by atoms with E-state index in [0.29, 0.717) is 28.4 Å². The summed E-state index contributed by atoms with van der Waals surface area (Å²) in [6.07, 6.45) is 2.66. The molecule has 2 heterocycles. The molecule has 154 valence electrons. The van der Waals surface area contributed by atoms with E-state index >= 15 is 0 Å². The monoisotopic (exact) mass is 414 g/mol. The largest absolute Gasteiger partial charge is 0.454 e. The third-order valence-electron chi connectivity index (χ3n) is 5.15. The summed E-state index contributed by atoms with van der Waals surface area (Å²) < 4.78 is 21.7. The SMILES string of the molecule is CCc1ccc(C=C2Oc3cc(OC(=O)c4ccc5c(c4)OCO5)ccc3C2=O)cc1. The van der Waals surface area contributed by atoms with Gasteiger partial charge in [0.05, 0.1) is 11.1 Å². The maximum atomic E-state index is 12.7. The summed E-state index contributed by atoms with van der Waals surface area (Å²) in [5, 5.41) is 0. The fourth-order valence-electron chi connectivity index (χ4n) is 3.42. The Balaban J connectivity index is 1.34. The van der Waals surface area contributed by atoms with Crippen LogP contribution in [0.1, 0.15) is 38.8 Å². The normalized spacial score (nSPS) is 15.0. The molecule has 0 fully saturated rings. The van der Waals surface area contributed by atoms with E-state index in [1.54, 1.807) is 42.5 Å². The summed E-state index contributed by atoms with van der Waals surface area (Å²) in [4.78, 5) is 25.2. The lowest BCUT2D eigenvalue weighted by atomic mass is 10.1. The van der Waals surface area contributed by atoms with Crippen LogP contribution >= 0.6 is 0 Å². The van der Waals surface area contributed by atoms with Gasteiger partial charge < -0.3 is 18.9 Å². The van der Waals surface area contributed by atoms with Gasteiger partial charge >= 0.3 is 5.97 Å². The average Bonchev–Trinajstić information content (AvgIpc) is 3.38. The van der Waals surface area contributed by atoms with Crippen LogP contribution in [0.25, 0.3) is 6.08 Å². The van der Waals surface area contributed by atoms with E-state index in [4.69, 9.17) is 18.9 Å². The molecular weight excluding hydrogens is 396 g/mol. The Labute approximate surface area is 178 Å². The van der Waals surface area contributed by atoms with Crippen molar-refractivity contribution in [3.8, 4) is 23.0 Å². The fourth-order valence-corrected chi connectivity index (χ4v) is 3.42. The van der Waals surface area contributed by atoms with Gasteiger partial charge in [0, 0.05) is 6.07 Å². The van der Waals surface area contributed by atoms with Crippen LogP contribution in [-0.4, -0.2) is 18.5 Å². The zero-order valence-corrected chi connectivity index (χ0v) is 16.7. The second-order valence-corrected chi connectivity index (χ2v) is 7.15. The number of esters is 1. The first-order valence-electron chi connectivity index (χ1n) is 9.90. The van der Waals surface area contributed by atoms with Crippen LogP contribution in [-0.2, 0) is 6.42 Å². The highest BCUT2D eigenvalue weighted by Crippen LogP contribution is 2.36. The summed E-state index contributed by atoms with van der Waals surface area (Å²) in [6.45, 7) is 2.22. The minimum atomic E-state index is -0.547. The average molecular weight is 414 g/mol. The summed E-state index contributed by atoms with van der Waals surface area (Å²) in [5.41, 5.74) is 2.86. The highest BCUT2D eigenvalue weighted by atomic mass is 16.7. The van der Waals surface area contributed by atoms with E-state index in [0.717, 1.165) is 12.0 Å². The van der Waals surface area contributed by atoms with Crippen LogP contribution in [0.15, 0.2) is 66.4 Å². The zero-order valence-electron chi connectivity index (χ0n) is 16.7. The highest BCUT2D eigenvalue weighted by Gasteiger charge is 2.28. The topological polar surface area (TPSA) is 71.1 Å². The highest BCUT2D eigenvalue weighted by molar-refractivity contribution is 6.14. The number of ketones is 1. The molecule has 3 aromatic rings.